The molecule has 2 aromatic rings. The van der Waals surface area contributed by atoms with Gasteiger partial charge in [-0.1, -0.05) is 39.7 Å². The van der Waals surface area contributed by atoms with Gasteiger partial charge in [0.15, 0.2) is 0 Å². The van der Waals surface area contributed by atoms with Crippen molar-refractivity contribution in [2.45, 2.75) is 0 Å². The number of aromatic carboxylic acids is 1. The van der Waals surface area contributed by atoms with Gasteiger partial charge >= 0.3 is 5.97 Å². The third-order valence-corrected chi connectivity index (χ3v) is 3.77. The molecular weight excluding hydrogens is 358 g/mol. The number of rotatable bonds is 3. The van der Waals surface area contributed by atoms with Crippen molar-refractivity contribution in [3.8, 4) is 0 Å². The van der Waals surface area contributed by atoms with Gasteiger partial charge in [-0.2, -0.15) is 0 Å². The van der Waals surface area contributed by atoms with Gasteiger partial charge in [-0.15, -0.1) is 0 Å². The minimum absolute atomic E-state index is 0.0570. The minimum Gasteiger partial charge on any atom is -0.478 e. The molecule has 0 aliphatic heterocycles. The zero-order valence-corrected chi connectivity index (χ0v) is 13.4. The molecule has 6 heteroatoms. The topological polar surface area (TPSA) is 57.6 Å². The van der Waals surface area contributed by atoms with Crippen LogP contribution in [0.5, 0.6) is 0 Å². The second-order valence-electron chi connectivity index (χ2n) is 4.31. The molecule has 0 spiro atoms. The smallest absolute Gasteiger partial charge is 0.337 e. The van der Waals surface area contributed by atoms with E-state index in [1.165, 1.54) is 18.0 Å². The number of anilines is 1. The Morgan fingerprint density at radius 1 is 1.14 bits per heavy atom. The summed E-state index contributed by atoms with van der Waals surface area (Å²) in [6.45, 7) is 0. The summed E-state index contributed by atoms with van der Waals surface area (Å²) in [7, 11) is 1.52. The quantitative estimate of drug-likeness (QED) is 0.888. The number of carboxylic acid groups (broad SMARTS) is 1. The van der Waals surface area contributed by atoms with E-state index in [0.29, 0.717) is 16.3 Å². The van der Waals surface area contributed by atoms with Crippen molar-refractivity contribution in [1.29, 1.82) is 0 Å². The average Bonchev–Trinajstić information content (AvgIpc) is 2.45. The molecule has 0 aliphatic carbocycles. The van der Waals surface area contributed by atoms with Crippen molar-refractivity contribution in [3.63, 3.8) is 0 Å². The number of benzene rings is 2. The van der Waals surface area contributed by atoms with Crippen LogP contribution in [0.3, 0.4) is 0 Å². The zero-order valence-electron chi connectivity index (χ0n) is 11.0. The second-order valence-corrected chi connectivity index (χ2v) is 5.63. The van der Waals surface area contributed by atoms with Crippen molar-refractivity contribution in [1.82, 2.24) is 0 Å². The fraction of sp³-hybridized carbons (Fsp3) is 0.0667. The molecule has 0 radical (unpaired) electrons. The minimum atomic E-state index is -1.09. The Kier molecular flexibility index (Phi) is 4.65. The number of carboxylic acids is 1. The molecule has 0 unspecified atom stereocenters. The molecule has 0 saturated heterocycles. The van der Waals surface area contributed by atoms with Gasteiger partial charge < -0.3 is 10.0 Å². The highest BCUT2D eigenvalue weighted by Gasteiger charge is 2.20. The molecule has 1 N–H and O–H groups in total. The highest BCUT2D eigenvalue weighted by molar-refractivity contribution is 9.10. The number of para-hydroxylation sites is 1. The lowest BCUT2D eigenvalue weighted by Crippen LogP contribution is -2.28. The van der Waals surface area contributed by atoms with Crippen molar-refractivity contribution >= 4 is 45.1 Å². The molecular formula is C15H11BrClNO3. The van der Waals surface area contributed by atoms with E-state index < -0.39 is 5.97 Å². The van der Waals surface area contributed by atoms with Gasteiger partial charge in [-0.25, -0.2) is 4.79 Å². The summed E-state index contributed by atoms with van der Waals surface area (Å²) in [6.07, 6.45) is 0. The summed E-state index contributed by atoms with van der Waals surface area (Å²) >= 11 is 9.34. The van der Waals surface area contributed by atoms with E-state index in [4.69, 9.17) is 11.6 Å². The number of nitrogens with zero attached hydrogens (tertiary/aromatic N) is 1. The number of halogens is 2. The van der Waals surface area contributed by atoms with Crippen LogP contribution < -0.4 is 4.90 Å². The Morgan fingerprint density at radius 3 is 2.43 bits per heavy atom. The van der Waals surface area contributed by atoms with Crippen LogP contribution in [0.15, 0.2) is 46.9 Å². The fourth-order valence-corrected chi connectivity index (χ4v) is 2.65. The molecule has 0 atom stereocenters. The summed E-state index contributed by atoms with van der Waals surface area (Å²) in [5.41, 5.74) is 0.679. The SMILES string of the molecule is CN(C(=O)c1ccc(Br)cc1Cl)c1ccccc1C(=O)O. The number of carbonyl (C=O) groups is 2. The van der Waals surface area contributed by atoms with Crippen LogP contribution in [0.25, 0.3) is 0 Å². The van der Waals surface area contributed by atoms with E-state index in [9.17, 15) is 14.7 Å². The van der Waals surface area contributed by atoms with Gasteiger partial charge in [0.25, 0.3) is 5.91 Å². The number of carbonyl (C=O) groups excluding carboxylic acids is 1. The van der Waals surface area contributed by atoms with Crippen molar-refractivity contribution in [3.05, 3.63) is 63.1 Å². The number of hydrogen-bond acceptors (Lipinski definition) is 2. The molecule has 0 aromatic heterocycles. The fourth-order valence-electron chi connectivity index (χ4n) is 1.90. The molecule has 21 heavy (non-hydrogen) atoms. The summed E-state index contributed by atoms with van der Waals surface area (Å²) in [5.74, 6) is -1.46. The molecule has 1 amide bonds. The first-order chi connectivity index (χ1) is 9.91. The normalized spacial score (nSPS) is 10.2. The number of amides is 1. The highest BCUT2D eigenvalue weighted by atomic mass is 79.9. The van der Waals surface area contributed by atoms with Crippen LogP contribution >= 0.6 is 27.5 Å². The van der Waals surface area contributed by atoms with E-state index in [1.54, 1.807) is 36.4 Å². The lowest BCUT2D eigenvalue weighted by Gasteiger charge is -2.20. The summed E-state index contributed by atoms with van der Waals surface area (Å²) in [5, 5.41) is 9.49. The molecule has 0 heterocycles. The molecule has 0 saturated carbocycles. The number of hydrogen-bond donors (Lipinski definition) is 1. The molecule has 0 fully saturated rings. The van der Waals surface area contributed by atoms with Crippen LogP contribution in [0.4, 0.5) is 5.69 Å². The van der Waals surface area contributed by atoms with Crippen LogP contribution in [0.2, 0.25) is 5.02 Å². The van der Waals surface area contributed by atoms with Gasteiger partial charge in [0.05, 0.1) is 21.8 Å². The molecule has 0 bridgehead atoms. The predicted octanol–water partition coefficient (Wildman–Crippen LogP) is 4.08. The van der Waals surface area contributed by atoms with E-state index in [-0.39, 0.29) is 11.5 Å². The molecule has 2 aromatic carbocycles. The van der Waals surface area contributed by atoms with Crippen molar-refractivity contribution < 1.29 is 14.7 Å². The summed E-state index contributed by atoms with van der Waals surface area (Å²) < 4.78 is 0.762. The Bertz CT molecular complexity index is 718. The van der Waals surface area contributed by atoms with Gasteiger partial charge in [0.2, 0.25) is 0 Å². The largest absolute Gasteiger partial charge is 0.478 e. The van der Waals surface area contributed by atoms with Gasteiger partial charge in [0, 0.05) is 11.5 Å². The zero-order chi connectivity index (χ0) is 15.6. The van der Waals surface area contributed by atoms with Crippen LogP contribution in [0.1, 0.15) is 20.7 Å². The van der Waals surface area contributed by atoms with Crippen LogP contribution in [0, 0.1) is 0 Å². The first kappa shape index (κ1) is 15.5. The molecule has 4 nitrogen and oxygen atoms in total. The van der Waals surface area contributed by atoms with Gasteiger partial charge in [0.1, 0.15) is 0 Å². The van der Waals surface area contributed by atoms with E-state index >= 15 is 0 Å². The standard InChI is InChI=1S/C15H11BrClNO3/c1-18(13-5-3-2-4-11(13)15(20)21)14(19)10-7-6-9(16)8-12(10)17/h2-8H,1H3,(H,20,21). The van der Waals surface area contributed by atoms with E-state index in [1.807, 2.05) is 0 Å². The maximum Gasteiger partial charge on any atom is 0.337 e. The maximum absolute atomic E-state index is 12.5. The summed E-state index contributed by atoms with van der Waals surface area (Å²) in [6, 6.07) is 11.2. The highest BCUT2D eigenvalue weighted by Crippen LogP contribution is 2.26. The average molecular weight is 369 g/mol. The van der Waals surface area contributed by atoms with Crippen molar-refractivity contribution in [2.75, 3.05) is 11.9 Å². The van der Waals surface area contributed by atoms with Gasteiger partial charge in [-0.05, 0) is 30.3 Å². The maximum atomic E-state index is 12.5. The Morgan fingerprint density at radius 2 is 1.81 bits per heavy atom. The molecule has 0 aliphatic rings. The monoisotopic (exact) mass is 367 g/mol. The Hall–Kier alpha value is -1.85. The second kappa shape index (κ2) is 6.28. The first-order valence-electron chi connectivity index (χ1n) is 5.97. The van der Waals surface area contributed by atoms with Gasteiger partial charge in [-0.3, -0.25) is 4.79 Å². The first-order valence-corrected chi connectivity index (χ1v) is 7.14. The predicted molar refractivity (Wildman–Crippen MR) is 85.3 cm³/mol. The Labute approximate surface area is 135 Å². The lowest BCUT2D eigenvalue weighted by atomic mass is 10.1. The van der Waals surface area contributed by atoms with Crippen molar-refractivity contribution in [2.24, 2.45) is 0 Å². The van der Waals surface area contributed by atoms with E-state index in [0.717, 1.165) is 4.47 Å². The van der Waals surface area contributed by atoms with E-state index in [2.05, 4.69) is 15.9 Å². The van der Waals surface area contributed by atoms with Crippen LogP contribution in [-0.2, 0) is 0 Å². The molecule has 108 valence electrons. The third kappa shape index (κ3) is 3.25. The molecule has 2 rings (SSSR count). The van der Waals surface area contributed by atoms with Crippen LogP contribution in [-0.4, -0.2) is 24.0 Å². The summed E-state index contributed by atoms with van der Waals surface area (Å²) in [4.78, 5) is 25.0. The Balaban J connectivity index is 2.42. The third-order valence-electron chi connectivity index (χ3n) is 2.96. The lowest BCUT2D eigenvalue weighted by molar-refractivity contribution is 0.0697.